The van der Waals surface area contributed by atoms with Crippen molar-refractivity contribution in [1.29, 1.82) is 0 Å². The molecule has 1 N–H and O–H groups in total. The molecule has 1 amide bonds. The third-order valence-corrected chi connectivity index (χ3v) is 2.33. The van der Waals surface area contributed by atoms with Crippen LogP contribution in [0.25, 0.3) is 0 Å². The maximum atomic E-state index is 11.1. The monoisotopic (exact) mass is 269 g/mol. The van der Waals surface area contributed by atoms with Gasteiger partial charge in [-0.1, -0.05) is 40.7 Å². The van der Waals surface area contributed by atoms with Gasteiger partial charge in [-0.2, -0.15) is 0 Å². The normalized spacial score (nSPS) is 9.40. The molecular weight excluding hydrogens is 258 g/mol. The van der Waals surface area contributed by atoms with Crippen LogP contribution in [0.1, 0.15) is 5.56 Å². The largest absolute Gasteiger partial charge is 0.445 e. The SMILES string of the molecule is C=CCOC(=O)Nc1ccc(CBr)cc1. The molecule has 4 heteroatoms. The van der Waals surface area contributed by atoms with E-state index in [2.05, 4.69) is 27.8 Å². The highest BCUT2D eigenvalue weighted by Gasteiger charge is 2.01. The zero-order valence-electron chi connectivity index (χ0n) is 8.20. The fourth-order valence-electron chi connectivity index (χ4n) is 0.966. The number of alkyl halides is 1. The quantitative estimate of drug-likeness (QED) is 0.673. The van der Waals surface area contributed by atoms with E-state index >= 15 is 0 Å². The number of rotatable bonds is 4. The molecule has 1 aromatic rings. The predicted octanol–water partition coefficient (Wildman–Crippen LogP) is 3.32. The molecule has 0 aliphatic heterocycles. The maximum Gasteiger partial charge on any atom is 0.411 e. The number of carbonyl (C=O) groups is 1. The first kappa shape index (κ1) is 11.8. The second-order valence-corrected chi connectivity index (χ2v) is 3.40. The summed E-state index contributed by atoms with van der Waals surface area (Å²) in [5, 5.41) is 3.40. The van der Waals surface area contributed by atoms with Gasteiger partial charge in [0.1, 0.15) is 6.61 Å². The standard InChI is InChI=1S/C11H12BrNO2/c1-2-7-15-11(14)13-10-5-3-9(8-12)4-6-10/h2-6H,1,7-8H2,(H,13,14). The molecule has 3 nitrogen and oxygen atoms in total. The lowest BCUT2D eigenvalue weighted by Crippen LogP contribution is -2.13. The van der Waals surface area contributed by atoms with Crippen molar-refractivity contribution in [2.75, 3.05) is 11.9 Å². The number of anilines is 1. The van der Waals surface area contributed by atoms with Crippen molar-refractivity contribution in [3.8, 4) is 0 Å². The van der Waals surface area contributed by atoms with E-state index in [1.165, 1.54) is 6.08 Å². The molecule has 0 saturated heterocycles. The van der Waals surface area contributed by atoms with Crippen molar-refractivity contribution in [3.63, 3.8) is 0 Å². The average Bonchev–Trinajstić information content (AvgIpc) is 2.27. The Morgan fingerprint density at radius 2 is 2.13 bits per heavy atom. The molecule has 1 aromatic carbocycles. The number of hydrogen-bond acceptors (Lipinski definition) is 2. The lowest BCUT2D eigenvalue weighted by atomic mass is 10.2. The van der Waals surface area contributed by atoms with Gasteiger partial charge in [0.25, 0.3) is 0 Å². The van der Waals surface area contributed by atoms with Crippen LogP contribution in [0.3, 0.4) is 0 Å². The van der Waals surface area contributed by atoms with Gasteiger partial charge in [0.05, 0.1) is 0 Å². The Kier molecular flexibility index (Phi) is 4.90. The van der Waals surface area contributed by atoms with E-state index in [1.807, 2.05) is 24.3 Å². The predicted molar refractivity (Wildman–Crippen MR) is 64.2 cm³/mol. The third kappa shape index (κ3) is 4.16. The fourth-order valence-corrected chi connectivity index (χ4v) is 1.34. The summed E-state index contributed by atoms with van der Waals surface area (Å²) < 4.78 is 4.77. The molecule has 0 aromatic heterocycles. The molecule has 0 heterocycles. The van der Waals surface area contributed by atoms with Crippen molar-refractivity contribution >= 4 is 27.7 Å². The highest BCUT2D eigenvalue weighted by atomic mass is 79.9. The summed E-state index contributed by atoms with van der Waals surface area (Å²) in [4.78, 5) is 11.1. The summed E-state index contributed by atoms with van der Waals surface area (Å²) >= 11 is 3.34. The maximum absolute atomic E-state index is 11.1. The molecule has 0 spiro atoms. The zero-order valence-corrected chi connectivity index (χ0v) is 9.79. The Morgan fingerprint density at radius 1 is 1.47 bits per heavy atom. The van der Waals surface area contributed by atoms with E-state index < -0.39 is 6.09 Å². The van der Waals surface area contributed by atoms with Gasteiger partial charge in [-0.3, -0.25) is 5.32 Å². The van der Waals surface area contributed by atoms with Gasteiger partial charge in [-0.15, -0.1) is 0 Å². The van der Waals surface area contributed by atoms with Crippen molar-refractivity contribution in [1.82, 2.24) is 0 Å². The van der Waals surface area contributed by atoms with E-state index in [0.29, 0.717) is 5.69 Å². The van der Waals surface area contributed by atoms with E-state index in [9.17, 15) is 4.79 Å². The molecule has 0 unspecified atom stereocenters. The van der Waals surface area contributed by atoms with Gasteiger partial charge in [-0.05, 0) is 17.7 Å². The second kappa shape index (κ2) is 6.24. The van der Waals surface area contributed by atoms with E-state index in [4.69, 9.17) is 4.74 Å². The topological polar surface area (TPSA) is 38.3 Å². The molecule has 0 aliphatic carbocycles. The van der Waals surface area contributed by atoms with Crippen LogP contribution in [0, 0.1) is 0 Å². The molecule has 0 radical (unpaired) electrons. The second-order valence-electron chi connectivity index (χ2n) is 2.84. The molecule has 0 atom stereocenters. The first-order valence-corrected chi connectivity index (χ1v) is 5.58. The summed E-state index contributed by atoms with van der Waals surface area (Å²) in [5.41, 5.74) is 1.87. The third-order valence-electron chi connectivity index (χ3n) is 1.69. The van der Waals surface area contributed by atoms with Crippen molar-refractivity contribution in [2.45, 2.75) is 5.33 Å². The Morgan fingerprint density at radius 3 is 2.67 bits per heavy atom. The van der Waals surface area contributed by atoms with Gasteiger partial charge in [0, 0.05) is 11.0 Å². The molecule has 0 aliphatic rings. The number of nitrogens with one attached hydrogen (secondary N) is 1. The highest BCUT2D eigenvalue weighted by Crippen LogP contribution is 2.11. The van der Waals surface area contributed by atoms with Gasteiger partial charge in [0.15, 0.2) is 0 Å². The number of benzene rings is 1. The lowest BCUT2D eigenvalue weighted by molar-refractivity contribution is 0.174. The lowest BCUT2D eigenvalue weighted by Gasteiger charge is -2.05. The molecule has 80 valence electrons. The Balaban J connectivity index is 2.49. The average molecular weight is 270 g/mol. The van der Waals surface area contributed by atoms with Crippen molar-refractivity contribution in [2.24, 2.45) is 0 Å². The molecular formula is C11H12BrNO2. The summed E-state index contributed by atoms with van der Waals surface area (Å²) in [7, 11) is 0. The van der Waals surface area contributed by atoms with E-state index in [0.717, 1.165) is 10.9 Å². The molecule has 0 saturated carbocycles. The Labute approximate surface area is 97.3 Å². The number of halogens is 1. The fraction of sp³-hybridized carbons (Fsp3) is 0.182. The molecule has 0 fully saturated rings. The van der Waals surface area contributed by atoms with Crippen LogP contribution in [0.15, 0.2) is 36.9 Å². The van der Waals surface area contributed by atoms with Crippen LogP contribution < -0.4 is 5.32 Å². The molecule has 15 heavy (non-hydrogen) atoms. The minimum Gasteiger partial charge on any atom is -0.445 e. The number of hydrogen-bond donors (Lipinski definition) is 1. The Hall–Kier alpha value is -1.29. The van der Waals surface area contributed by atoms with Crippen molar-refractivity contribution < 1.29 is 9.53 Å². The minimum absolute atomic E-state index is 0.214. The van der Waals surface area contributed by atoms with Crippen LogP contribution in [0.5, 0.6) is 0 Å². The van der Waals surface area contributed by atoms with Crippen LogP contribution in [0.2, 0.25) is 0 Å². The number of amides is 1. The highest BCUT2D eigenvalue weighted by molar-refractivity contribution is 9.08. The Bertz CT molecular complexity index is 335. The first-order chi connectivity index (χ1) is 7.26. The van der Waals surface area contributed by atoms with Gasteiger partial charge < -0.3 is 4.74 Å². The summed E-state index contributed by atoms with van der Waals surface area (Å²) in [6, 6.07) is 7.51. The summed E-state index contributed by atoms with van der Waals surface area (Å²) in [6.45, 7) is 3.67. The molecule has 1 rings (SSSR count). The number of carbonyl (C=O) groups excluding carboxylic acids is 1. The van der Waals surface area contributed by atoms with E-state index in [-0.39, 0.29) is 6.61 Å². The van der Waals surface area contributed by atoms with Crippen LogP contribution in [0.4, 0.5) is 10.5 Å². The van der Waals surface area contributed by atoms with Gasteiger partial charge >= 0.3 is 6.09 Å². The van der Waals surface area contributed by atoms with Gasteiger partial charge in [0.2, 0.25) is 0 Å². The molecule has 0 bridgehead atoms. The first-order valence-electron chi connectivity index (χ1n) is 4.46. The summed E-state index contributed by atoms with van der Waals surface area (Å²) in [5.74, 6) is 0. The van der Waals surface area contributed by atoms with Gasteiger partial charge in [-0.25, -0.2) is 4.79 Å². The van der Waals surface area contributed by atoms with E-state index in [1.54, 1.807) is 0 Å². The smallest absolute Gasteiger partial charge is 0.411 e. The minimum atomic E-state index is -0.471. The zero-order chi connectivity index (χ0) is 11.1. The van der Waals surface area contributed by atoms with Crippen LogP contribution in [-0.2, 0) is 10.1 Å². The van der Waals surface area contributed by atoms with Crippen molar-refractivity contribution in [3.05, 3.63) is 42.5 Å². The van der Waals surface area contributed by atoms with Crippen LogP contribution in [-0.4, -0.2) is 12.7 Å². The summed E-state index contributed by atoms with van der Waals surface area (Å²) in [6.07, 6.45) is 1.05. The number of ether oxygens (including phenoxy) is 1. The van der Waals surface area contributed by atoms with Crippen LogP contribution >= 0.6 is 15.9 Å².